The van der Waals surface area contributed by atoms with E-state index < -0.39 is 0 Å². The van der Waals surface area contributed by atoms with Crippen LogP contribution in [0.5, 0.6) is 0 Å². The molecule has 1 saturated heterocycles. The number of aryl methyl sites for hydroxylation is 1. The van der Waals surface area contributed by atoms with Crippen LogP contribution in [0.25, 0.3) is 11.0 Å². The highest BCUT2D eigenvalue weighted by Gasteiger charge is 2.30. The number of piperidine rings is 1. The van der Waals surface area contributed by atoms with Crippen molar-refractivity contribution in [3.8, 4) is 0 Å². The molecule has 6 nitrogen and oxygen atoms in total. The molecule has 2 fully saturated rings. The third-order valence-electron chi connectivity index (χ3n) is 7.90. The Morgan fingerprint density at radius 2 is 1.88 bits per heavy atom. The number of fused-ring (bicyclic) bond motifs is 3. The molecule has 1 atom stereocenters. The van der Waals surface area contributed by atoms with Gasteiger partial charge in [-0.2, -0.15) is 5.10 Å². The molecule has 3 aliphatic rings. The Labute approximate surface area is 189 Å². The van der Waals surface area contributed by atoms with E-state index >= 15 is 0 Å². The monoisotopic (exact) mass is 431 g/mol. The van der Waals surface area contributed by atoms with Gasteiger partial charge in [-0.3, -0.25) is 19.2 Å². The van der Waals surface area contributed by atoms with Crippen molar-refractivity contribution in [2.45, 2.75) is 76.9 Å². The van der Waals surface area contributed by atoms with Crippen LogP contribution in [0.1, 0.15) is 67.8 Å². The van der Waals surface area contributed by atoms with Crippen LogP contribution < -0.4 is 5.56 Å². The van der Waals surface area contributed by atoms with Gasteiger partial charge >= 0.3 is 0 Å². The number of hydrogen-bond acceptors (Lipinski definition) is 4. The van der Waals surface area contributed by atoms with Crippen LogP contribution in [0.3, 0.4) is 0 Å². The van der Waals surface area contributed by atoms with Crippen LogP contribution in [0.4, 0.5) is 0 Å². The first kappa shape index (κ1) is 20.2. The van der Waals surface area contributed by atoms with E-state index in [4.69, 9.17) is 5.10 Å². The second-order valence-electron chi connectivity index (χ2n) is 10.1. The molecule has 32 heavy (non-hydrogen) atoms. The Hall–Kier alpha value is -2.47. The molecule has 1 aliphatic heterocycles. The molecule has 0 N–H and O–H groups in total. The van der Waals surface area contributed by atoms with E-state index in [-0.39, 0.29) is 5.56 Å². The number of hydrogen-bond donors (Lipinski definition) is 0. The molecule has 3 aromatic rings. The summed E-state index contributed by atoms with van der Waals surface area (Å²) in [6, 6.07) is 6.52. The Kier molecular flexibility index (Phi) is 5.34. The van der Waals surface area contributed by atoms with Crippen LogP contribution in [0, 0.1) is 5.92 Å². The molecule has 0 amide bonds. The van der Waals surface area contributed by atoms with E-state index in [1.807, 2.05) is 12.3 Å². The third kappa shape index (κ3) is 3.58. The molecule has 4 heterocycles. The molecular weight excluding hydrogens is 398 g/mol. The van der Waals surface area contributed by atoms with E-state index in [0.717, 1.165) is 75.2 Å². The Morgan fingerprint density at radius 1 is 1.00 bits per heavy atom. The second-order valence-corrected chi connectivity index (χ2v) is 10.1. The van der Waals surface area contributed by atoms with Crippen LogP contribution in [-0.4, -0.2) is 37.3 Å². The molecule has 0 aromatic carbocycles. The molecule has 1 saturated carbocycles. The quantitative estimate of drug-likeness (QED) is 0.610. The van der Waals surface area contributed by atoms with E-state index in [0.29, 0.717) is 12.0 Å². The molecule has 0 spiro atoms. The van der Waals surface area contributed by atoms with Crippen LogP contribution in [0.15, 0.2) is 35.4 Å². The first-order valence-corrected chi connectivity index (χ1v) is 12.5. The molecule has 6 heteroatoms. The highest BCUT2D eigenvalue weighted by atomic mass is 16.1. The zero-order valence-corrected chi connectivity index (χ0v) is 18.9. The van der Waals surface area contributed by atoms with Gasteiger partial charge in [0, 0.05) is 42.8 Å². The lowest BCUT2D eigenvalue weighted by atomic mass is 9.88. The first-order chi connectivity index (χ1) is 15.8. The summed E-state index contributed by atoms with van der Waals surface area (Å²) in [6.45, 7) is 4.01. The fourth-order valence-electron chi connectivity index (χ4n) is 6.05. The fraction of sp³-hybridized carbons (Fsp3) is 0.577. The summed E-state index contributed by atoms with van der Waals surface area (Å²) in [6.07, 6.45) is 14.1. The summed E-state index contributed by atoms with van der Waals surface area (Å²) < 4.78 is 4.32. The lowest BCUT2D eigenvalue weighted by molar-refractivity contribution is 0.152. The van der Waals surface area contributed by atoms with Crippen LogP contribution in [0.2, 0.25) is 0 Å². The highest BCUT2D eigenvalue weighted by molar-refractivity contribution is 5.81. The Balaban J connectivity index is 1.31. The van der Waals surface area contributed by atoms with Gasteiger partial charge in [0.05, 0.1) is 11.9 Å². The Morgan fingerprint density at radius 3 is 2.66 bits per heavy atom. The smallest absolute Gasteiger partial charge is 0.255 e. The van der Waals surface area contributed by atoms with Gasteiger partial charge in [-0.15, -0.1) is 0 Å². The number of aromatic nitrogens is 4. The fourth-order valence-corrected chi connectivity index (χ4v) is 6.05. The van der Waals surface area contributed by atoms with Crippen molar-refractivity contribution in [3.63, 3.8) is 0 Å². The molecule has 168 valence electrons. The number of likely N-dealkylation sites (tertiary alicyclic amines) is 1. The third-order valence-corrected chi connectivity index (χ3v) is 7.90. The van der Waals surface area contributed by atoms with Gasteiger partial charge in [-0.1, -0.05) is 6.07 Å². The number of rotatable bonds is 5. The maximum absolute atomic E-state index is 13.6. The average Bonchev–Trinajstić information content (AvgIpc) is 3.20. The Bertz CT molecular complexity index is 1160. The summed E-state index contributed by atoms with van der Waals surface area (Å²) >= 11 is 0. The van der Waals surface area contributed by atoms with Crippen molar-refractivity contribution < 1.29 is 0 Å². The largest absolute Gasteiger partial charge is 0.297 e. The topological polar surface area (TPSA) is 56.0 Å². The number of pyridine rings is 2. The van der Waals surface area contributed by atoms with Gasteiger partial charge in [-0.25, -0.2) is 4.68 Å². The average molecular weight is 432 g/mol. The maximum atomic E-state index is 13.6. The van der Waals surface area contributed by atoms with Crippen molar-refractivity contribution in [2.24, 2.45) is 5.92 Å². The van der Waals surface area contributed by atoms with Gasteiger partial charge in [0.15, 0.2) is 0 Å². The summed E-state index contributed by atoms with van der Waals surface area (Å²) in [7, 11) is 0. The highest BCUT2D eigenvalue weighted by Crippen LogP contribution is 2.36. The molecule has 0 bridgehead atoms. The van der Waals surface area contributed by atoms with E-state index in [1.165, 1.54) is 36.6 Å². The lowest BCUT2D eigenvalue weighted by Gasteiger charge is -2.33. The van der Waals surface area contributed by atoms with Crippen molar-refractivity contribution >= 4 is 11.0 Å². The molecule has 2 aliphatic carbocycles. The van der Waals surface area contributed by atoms with Crippen molar-refractivity contribution in [1.29, 1.82) is 0 Å². The standard InChI is InChI=1S/C26H33N5O/c32-26-23-12-2-1-11-22(23)24-15-28-30(25(24)31(26)21-9-5-10-21)17-19-7-6-14-29(16-19)18-20-8-3-4-13-27-20/h3-4,8,13,15,19,21H,1-2,5-7,9-12,14,16-18H2. The second kappa shape index (κ2) is 8.47. The summed E-state index contributed by atoms with van der Waals surface area (Å²) in [5.41, 5.74) is 4.89. The predicted octanol–water partition coefficient (Wildman–Crippen LogP) is 4.11. The van der Waals surface area contributed by atoms with Gasteiger partial charge < -0.3 is 0 Å². The maximum Gasteiger partial charge on any atom is 0.255 e. The normalized spacial score (nSPS) is 22.1. The minimum atomic E-state index is 0.277. The summed E-state index contributed by atoms with van der Waals surface area (Å²) in [4.78, 5) is 20.6. The predicted molar refractivity (Wildman–Crippen MR) is 126 cm³/mol. The zero-order chi connectivity index (χ0) is 21.5. The van der Waals surface area contributed by atoms with Crippen molar-refractivity contribution in [2.75, 3.05) is 13.1 Å². The van der Waals surface area contributed by atoms with Crippen molar-refractivity contribution in [3.05, 3.63) is 57.8 Å². The van der Waals surface area contributed by atoms with Gasteiger partial charge in [0.25, 0.3) is 5.56 Å². The molecule has 6 rings (SSSR count). The molecule has 0 radical (unpaired) electrons. The summed E-state index contributed by atoms with van der Waals surface area (Å²) in [5, 5.41) is 6.12. The van der Waals surface area contributed by atoms with Crippen LogP contribution in [-0.2, 0) is 25.9 Å². The van der Waals surface area contributed by atoms with E-state index in [9.17, 15) is 4.79 Å². The van der Waals surface area contributed by atoms with Crippen LogP contribution >= 0.6 is 0 Å². The lowest BCUT2D eigenvalue weighted by Crippen LogP contribution is -2.38. The van der Waals surface area contributed by atoms with Crippen molar-refractivity contribution in [1.82, 2.24) is 24.2 Å². The SMILES string of the molecule is O=c1c2c(c3cnn(CC4CCCN(Cc5ccccn5)C4)c3n1C1CCC1)CCCC2. The zero-order valence-electron chi connectivity index (χ0n) is 18.9. The molecule has 1 unspecified atom stereocenters. The van der Waals surface area contributed by atoms with Gasteiger partial charge in [0.1, 0.15) is 5.65 Å². The minimum Gasteiger partial charge on any atom is -0.297 e. The van der Waals surface area contributed by atoms with Gasteiger partial charge in [-0.05, 0) is 87.9 Å². The molecule has 3 aromatic heterocycles. The number of nitrogens with zero attached hydrogens (tertiary/aromatic N) is 5. The van der Waals surface area contributed by atoms with Gasteiger partial charge in [0.2, 0.25) is 0 Å². The molecular formula is C26H33N5O. The summed E-state index contributed by atoms with van der Waals surface area (Å²) in [5.74, 6) is 0.552. The van der Waals surface area contributed by atoms with E-state index in [1.54, 1.807) is 0 Å². The minimum absolute atomic E-state index is 0.277. The first-order valence-electron chi connectivity index (χ1n) is 12.5. The van der Waals surface area contributed by atoms with E-state index in [2.05, 4.69) is 37.5 Å².